The Morgan fingerprint density at radius 1 is 0.903 bits per heavy atom. The molecule has 10 heteroatoms. The van der Waals surface area contributed by atoms with Crippen molar-refractivity contribution >= 4 is 38.3 Å². The average molecular weight is 460 g/mol. The fourth-order valence-electron chi connectivity index (χ4n) is 3.23. The summed E-state index contributed by atoms with van der Waals surface area (Å²) in [6.45, 7) is 1.56. The van der Waals surface area contributed by atoms with Crippen molar-refractivity contribution in [2.45, 2.75) is 11.8 Å². The molecular weight excluding hydrogens is 445 g/mol. The van der Waals surface area contributed by atoms with E-state index in [1.807, 2.05) is 0 Å². The minimum absolute atomic E-state index is 0.0861. The van der Waals surface area contributed by atoms with E-state index in [0.29, 0.717) is 22.2 Å². The van der Waals surface area contributed by atoms with E-state index in [2.05, 4.69) is 14.7 Å². The van der Waals surface area contributed by atoms with Crippen LogP contribution in [-0.4, -0.2) is 18.4 Å². The van der Waals surface area contributed by atoms with Gasteiger partial charge in [0.1, 0.15) is 5.82 Å². The minimum Gasteiger partial charge on any atom is -0.316 e. The van der Waals surface area contributed by atoms with Gasteiger partial charge in [-0.1, -0.05) is 35.9 Å². The number of aromatic nitrogens is 2. The molecule has 3 aromatic carbocycles. The van der Waals surface area contributed by atoms with Crippen LogP contribution in [0, 0.1) is 12.7 Å². The van der Waals surface area contributed by atoms with Crippen LogP contribution in [0.1, 0.15) is 5.56 Å². The number of H-pyrrole nitrogens is 2. The van der Waals surface area contributed by atoms with E-state index in [1.54, 1.807) is 25.1 Å². The van der Waals surface area contributed by atoms with Crippen molar-refractivity contribution < 1.29 is 12.8 Å². The molecular formula is C21H15ClFN3O4S. The molecule has 0 unspecified atom stereocenters. The molecule has 0 fully saturated rings. The second-order valence-electron chi connectivity index (χ2n) is 6.85. The summed E-state index contributed by atoms with van der Waals surface area (Å²) in [5, 5.41) is 0.169. The Kier molecular flexibility index (Phi) is 5.16. The number of rotatable bonds is 4. The van der Waals surface area contributed by atoms with E-state index in [1.165, 1.54) is 36.4 Å². The predicted molar refractivity (Wildman–Crippen MR) is 118 cm³/mol. The maximum atomic E-state index is 14.1. The fourth-order valence-corrected chi connectivity index (χ4v) is 4.81. The van der Waals surface area contributed by atoms with Gasteiger partial charge in [0.2, 0.25) is 0 Å². The Balaban J connectivity index is 1.72. The fraction of sp³-hybridized carbons (Fsp3) is 0.0476. The highest BCUT2D eigenvalue weighted by Crippen LogP contribution is 2.33. The zero-order chi connectivity index (χ0) is 22.3. The summed E-state index contributed by atoms with van der Waals surface area (Å²) in [5.74, 6) is -0.448. The van der Waals surface area contributed by atoms with Crippen LogP contribution >= 0.6 is 11.6 Å². The number of hydrogen-bond acceptors (Lipinski definition) is 4. The number of aryl methyl sites for hydroxylation is 1. The van der Waals surface area contributed by atoms with Crippen LogP contribution in [0.5, 0.6) is 0 Å². The molecule has 0 amide bonds. The van der Waals surface area contributed by atoms with Crippen LogP contribution in [0.2, 0.25) is 5.02 Å². The summed E-state index contributed by atoms with van der Waals surface area (Å²) >= 11 is 6.28. The molecule has 0 aliphatic heterocycles. The van der Waals surface area contributed by atoms with E-state index in [9.17, 15) is 22.4 Å². The molecule has 0 spiro atoms. The maximum absolute atomic E-state index is 14.1. The first kappa shape index (κ1) is 20.8. The lowest BCUT2D eigenvalue weighted by Crippen LogP contribution is -2.29. The third-order valence-corrected chi connectivity index (χ3v) is 6.53. The standard InChI is InChI=1S/C21H15ClFN3O4S/c1-11-8-17-18(25-21(28)20(27)24-17)10-19(11)31(29,30)26-12-6-7-13(15(22)9-12)14-4-2-3-5-16(14)23/h2-10,26H,1H3,(H,24,27)(H,25,28). The van der Waals surface area contributed by atoms with Gasteiger partial charge >= 0.3 is 11.1 Å². The van der Waals surface area contributed by atoms with Crippen molar-refractivity contribution in [2.75, 3.05) is 4.72 Å². The monoisotopic (exact) mass is 459 g/mol. The van der Waals surface area contributed by atoms with Gasteiger partial charge in [0, 0.05) is 11.1 Å². The number of sulfonamides is 1. The Morgan fingerprint density at radius 3 is 2.19 bits per heavy atom. The zero-order valence-corrected chi connectivity index (χ0v) is 17.6. The number of halogens is 2. The van der Waals surface area contributed by atoms with E-state index >= 15 is 0 Å². The van der Waals surface area contributed by atoms with Gasteiger partial charge in [-0.15, -0.1) is 0 Å². The second-order valence-corrected chi connectivity index (χ2v) is 8.91. The number of fused-ring (bicyclic) bond motifs is 1. The van der Waals surface area contributed by atoms with Crippen molar-refractivity contribution in [3.63, 3.8) is 0 Å². The smallest absolute Gasteiger partial charge is 0.314 e. The molecule has 0 radical (unpaired) electrons. The van der Waals surface area contributed by atoms with Crippen LogP contribution in [0.4, 0.5) is 10.1 Å². The van der Waals surface area contributed by atoms with Crippen LogP contribution in [-0.2, 0) is 10.0 Å². The normalized spacial score (nSPS) is 11.6. The largest absolute Gasteiger partial charge is 0.316 e. The SMILES string of the molecule is Cc1cc2[nH]c(=O)c(=O)[nH]c2cc1S(=O)(=O)Nc1ccc(-c2ccccc2F)c(Cl)c1. The van der Waals surface area contributed by atoms with Crippen molar-refractivity contribution in [1.82, 2.24) is 9.97 Å². The number of nitrogens with one attached hydrogen (secondary N) is 3. The molecule has 4 aromatic rings. The van der Waals surface area contributed by atoms with Gasteiger partial charge in [0.15, 0.2) is 0 Å². The van der Waals surface area contributed by atoms with Crippen molar-refractivity contribution in [1.29, 1.82) is 0 Å². The van der Waals surface area contributed by atoms with E-state index in [0.717, 1.165) is 0 Å². The van der Waals surface area contributed by atoms with Crippen LogP contribution < -0.4 is 15.8 Å². The molecule has 4 rings (SSSR count). The van der Waals surface area contributed by atoms with Gasteiger partial charge in [0.05, 0.1) is 26.6 Å². The zero-order valence-electron chi connectivity index (χ0n) is 16.0. The van der Waals surface area contributed by atoms with E-state index < -0.39 is 27.0 Å². The van der Waals surface area contributed by atoms with Crippen molar-refractivity contribution in [2.24, 2.45) is 0 Å². The van der Waals surface area contributed by atoms with Crippen molar-refractivity contribution in [3.8, 4) is 11.1 Å². The van der Waals surface area contributed by atoms with Gasteiger partial charge in [-0.3, -0.25) is 14.3 Å². The highest BCUT2D eigenvalue weighted by Gasteiger charge is 2.19. The molecule has 31 heavy (non-hydrogen) atoms. The molecule has 3 N–H and O–H groups in total. The lowest BCUT2D eigenvalue weighted by Gasteiger charge is -2.13. The van der Waals surface area contributed by atoms with Gasteiger partial charge < -0.3 is 9.97 Å². The first-order valence-electron chi connectivity index (χ1n) is 9.00. The molecule has 0 atom stereocenters. The maximum Gasteiger partial charge on any atom is 0.314 e. The Morgan fingerprint density at radius 2 is 1.55 bits per heavy atom. The lowest BCUT2D eigenvalue weighted by atomic mass is 10.0. The summed E-state index contributed by atoms with van der Waals surface area (Å²) in [6, 6.07) is 13.2. The summed E-state index contributed by atoms with van der Waals surface area (Å²) in [7, 11) is -4.06. The van der Waals surface area contributed by atoms with Crippen molar-refractivity contribution in [3.05, 3.63) is 91.7 Å². The quantitative estimate of drug-likeness (QED) is 0.403. The summed E-state index contributed by atoms with van der Waals surface area (Å²) < 4.78 is 42.4. The first-order valence-corrected chi connectivity index (χ1v) is 10.9. The van der Waals surface area contributed by atoms with Crippen LogP contribution in [0.3, 0.4) is 0 Å². The summed E-state index contributed by atoms with van der Waals surface area (Å²) in [6.07, 6.45) is 0. The average Bonchev–Trinajstić information content (AvgIpc) is 2.69. The number of anilines is 1. The number of benzene rings is 3. The molecule has 158 valence electrons. The molecule has 1 heterocycles. The molecule has 0 aliphatic rings. The molecule has 0 bridgehead atoms. The summed E-state index contributed by atoms with van der Waals surface area (Å²) in [4.78, 5) is 27.7. The molecule has 7 nitrogen and oxygen atoms in total. The Bertz CT molecular complexity index is 1560. The van der Waals surface area contributed by atoms with Gasteiger partial charge in [-0.25, -0.2) is 12.8 Å². The van der Waals surface area contributed by atoms with Gasteiger partial charge in [-0.2, -0.15) is 0 Å². The molecule has 0 aliphatic carbocycles. The summed E-state index contributed by atoms with van der Waals surface area (Å²) in [5.41, 5.74) is 0.0166. The first-order chi connectivity index (χ1) is 14.7. The molecule has 1 aromatic heterocycles. The Labute approximate surface area is 180 Å². The highest BCUT2D eigenvalue weighted by atomic mass is 35.5. The van der Waals surface area contributed by atoms with Gasteiger partial charge in [-0.05, 0) is 42.8 Å². The van der Waals surface area contributed by atoms with Gasteiger partial charge in [0.25, 0.3) is 10.0 Å². The molecule has 0 saturated heterocycles. The highest BCUT2D eigenvalue weighted by molar-refractivity contribution is 7.92. The van der Waals surface area contributed by atoms with E-state index in [-0.39, 0.29) is 21.1 Å². The van der Waals surface area contributed by atoms with Crippen LogP contribution in [0.15, 0.2) is 69.1 Å². The minimum atomic E-state index is -4.06. The Hall–Kier alpha value is -3.43. The second kappa shape index (κ2) is 7.68. The van der Waals surface area contributed by atoms with E-state index in [4.69, 9.17) is 11.6 Å². The topological polar surface area (TPSA) is 112 Å². The molecule has 0 saturated carbocycles. The third-order valence-electron chi connectivity index (χ3n) is 4.69. The number of aromatic amines is 2. The lowest BCUT2D eigenvalue weighted by molar-refractivity contribution is 0.600. The number of hydrogen-bond donors (Lipinski definition) is 3. The predicted octanol–water partition coefficient (Wildman–Crippen LogP) is 3.79. The van der Waals surface area contributed by atoms with Crippen LogP contribution in [0.25, 0.3) is 22.2 Å². The third kappa shape index (κ3) is 3.97.